The van der Waals surface area contributed by atoms with Crippen molar-refractivity contribution in [2.75, 3.05) is 5.73 Å². The van der Waals surface area contributed by atoms with Gasteiger partial charge in [0.2, 0.25) is 0 Å². The second-order valence-electron chi connectivity index (χ2n) is 3.09. The molecule has 1 aromatic rings. The van der Waals surface area contributed by atoms with Crippen molar-refractivity contribution in [3.63, 3.8) is 0 Å². The predicted molar refractivity (Wildman–Crippen MR) is 48.5 cm³/mol. The van der Waals surface area contributed by atoms with Crippen LogP contribution in [0.2, 0.25) is 0 Å². The molecule has 1 atom stereocenters. The van der Waals surface area contributed by atoms with Gasteiger partial charge >= 0.3 is 6.18 Å². The van der Waals surface area contributed by atoms with E-state index in [4.69, 9.17) is 11.5 Å². The molecule has 0 bridgehead atoms. The van der Waals surface area contributed by atoms with Crippen LogP contribution >= 0.6 is 0 Å². The number of para-hydroxylation sites is 1. The summed E-state index contributed by atoms with van der Waals surface area (Å²) in [6, 6.07) is 3.24. The summed E-state index contributed by atoms with van der Waals surface area (Å²) in [5, 5.41) is 0. The monoisotopic (exact) mass is 204 g/mol. The molecule has 1 rings (SSSR count). The van der Waals surface area contributed by atoms with Crippen LogP contribution in [-0.2, 0) is 6.18 Å². The van der Waals surface area contributed by atoms with E-state index in [0.29, 0.717) is 5.56 Å². The van der Waals surface area contributed by atoms with Gasteiger partial charge in [0.05, 0.1) is 5.56 Å². The summed E-state index contributed by atoms with van der Waals surface area (Å²) in [7, 11) is 0. The Morgan fingerprint density at radius 1 is 1.29 bits per heavy atom. The Balaban J connectivity index is 3.28. The molecule has 78 valence electrons. The van der Waals surface area contributed by atoms with Gasteiger partial charge < -0.3 is 11.5 Å². The van der Waals surface area contributed by atoms with E-state index >= 15 is 0 Å². The lowest BCUT2D eigenvalue weighted by Gasteiger charge is -2.15. The zero-order chi connectivity index (χ0) is 10.9. The second-order valence-corrected chi connectivity index (χ2v) is 3.09. The molecule has 0 amide bonds. The van der Waals surface area contributed by atoms with Crippen molar-refractivity contribution in [2.45, 2.75) is 19.1 Å². The van der Waals surface area contributed by atoms with Gasteiger partial charge in [-0.1, -0.05) is 12.1 Å². The summed E-state index contributed by atoms with van der Waals surface area (Å²) in [6.07, 6.45) is -4.42. The molecule has 0 heterocycles. The number of hydrogen-bond acceptors (Lipinski definition) is 2. The van der Waals surface area contributed by atoms with Crippen molar-refractivity contribution in [3.05, 3.63) is 29.3 Å². The molecule has 0 radical (unpaired) electrons. The van der Waals surface area contributed by atoms with Crippen LogP contribution in [0.15, 0.2) is 18.2 Å². The molecule has 0 fully saturated rings. The van der Waals surface area contributed by atoms with Crippen molar-refractivity contribution < 1.29 is 13.2 Å². The first-order valence-corrected chi connectivity index (χ1v) is 4.05. The lowest BCUT2D eigenvalue weighted by molar-refractivity contribution is -0.136. The molecule has 0 aliphatic carbocycles. The third-order valence-electron chi connectivity index (χ3n) is 1.94. The quantitative estimate of drug-likeness (QED) is 0.689. The van der Waals surface area contributed by atoms with Crippen LogP contribution in [0.1, 0.15) is 24.1 Å². The lowest BCUT2D eigenvalue weighted by atomic mass is 10.0. The van der Waals surface area contributed by atoms with Gasteiger partial charge in [0.15, 0.2) is 0 Å². The molecular formula is C9H11F3N2. The predicted octanol–water partition coefficient (Wildman–Crippen LogP) is 2.31. The molecule has 0 spiro atoms. The summed E-state index contributed by atoms with van der Waals surface area (Å²) < 4.78 is 37.1. The van der Waals surface area contributed by atoms with Crippen LogP contribution in [0.4, 0.5) is 18.9 Å². The van der Waals surface area contributed by atoms with Crippen molar-refractivity contribution in [2.24, 2.45) is 5.73 Å². The number of nitrogen functional groups attached to an aromatic ring is 1. The summed E-state index contributed by atoms with van der Waals surface area (Å²) in [4.78, 5) is 0. The molecule has 0 saturated carbocycles. The number of rotatable bonds is 1. The maximum Gasteiger partial charge on any atom is 0.418 e. The number of alkyl halides is 3. The van der Waals surface area contributed by atoms with Gasteiger partial charge in [-0.2, -0.15) is 13.2 Å². The van der Waals surface area contributed by atoms with Crippen molar-refractivity contribution >= 4 is 5.69 Å². The number of hydrogen-bond donors (Lipinski definition) is 2. The smallest absolute Gasteiger partial charge is 0.398 e. The van der Waals surface area contributed by atoms with E-state index in [2.05, 4.69) is 0 Å². The molecule has 0 aromatic heterocycles. The first-order chi connectivity index (χ1) is 6.34. The molecular weight excluding hydrogens is 193 g/mol. The van der Waals surface area contributed by atoms with Crippen LogP contribution in [-0.4, -0.2) is 0 Å². The average Bonchev–Trinajstić information content (AvgIpc) is 2.01. The van der Waals surface area contributed by atoms with E-state index in [0.717, 1.165) is 6.07 Å². The Labute approximate surface area is 79.7 Å². The zero-order valence-corrected chi connectivity index (χ0v) is 7.60. The van der Waals surface area contributed by atoms with Crippen LogP contribution in [0.3, 0.4) is 0 Å². The number of halogens is 3. The van der Waals surface area contributed by atoms with E-state index in [9.17, 15) is 13.2 Å². The first-order valence-electron chi connectivity index (χ1n) is 4.05. The van der Waals surface area contributed by atoms with Crippen LogP contribution in [0.25, 0.3) is 0 Å². The van der Waals surface area contributed by atoms with Crippen molar-refractivity contribution in [3.8, 4) is 0 Å². The standard InChI is InChI=1S/C9H11F3N2/c1-5(13)6-3-2-4-7(8(6)14)9(10,11)12/h2-5H,13-14H2,1H3. The minimum absolute atomic E-state index is 0.282. The van der Waals surface area contributed by atoms with E-state index < -0.39 is 17.8 Å². The SMILES string of the molecule is CC(N)c1cccc(C(F)(F)F)c1N. The molecule has 1 aromatic carbocycles. The Bertz CT molecular complexity index is 331. The fourth-order valence-electron chi connectivity index (χ4n) is 1.23. The highest BCUT2D eigenvalue weighted by atomic mass is 19.4. The molecule has 4 N–H and O–H groups in total. The first kappa shape index (κ1) is 10.8. The lowest BCUT2D eigenvalue weighted by Crippen LogP contribution is -2.14. The molecule has 14 heavy (non-hydrogen) atoms. The van der Waals surface area contributed by atoms with Gasteiger partial charge in [0, 0.05) is 11.7 Å². The maximum atomic E-state index is 12.4. The van der Waals surface area contributed by atoms with E-state index in [1.54, 1.807) is 6.92 Å². The molecule has 1 unspecified atom stereocenters. The average molecular weight is 204 g/mol. The summed E-state index contributed by atoms with van der Waals surface area (Å²) in [5.41, 5.74) is 10.1. The number of benzene rings is 1. The van der Waals surface area contributed by atoms with Gasteiger partial charge in [-0.3, -0.25) is 0 Å². The summed E-state index contributed by atoms with van der Waals surface area (Å²) >= 11 is 0. The largest absolute Gasteiger partial charge is 0.418 e. The second kappa shape index (κ2) is 3.49. The molecule has 2 nitrogen and oxygen atoms in total. The highest BCUT2D eigenvalue weighted by Gasteiger charge is 2.33. The maximum absolute atomic E-state index is 12.4. The zero-order valence-electron chi connectivity index (χ0n) is 7.60. The molecule has 5 heteroatoms. The number of nitrogens with two attached hydrogens (primary N) is 2. The van der Waals surface area contributed by atoms with Gasteiger partial charge in [0.1, 0.15) is 0 Å². The van der Waals surface area contributed by atoms with Crippen LogP contribution in [0.5, 0.6) is 0 Å². The van der Waals surface area contributed by atoms with Crippen molar-refractivity contribution in [1.82, 2.24) is 0 Å². The third kappa shape index (κ3) is 1.98. The minimum atomic E-state index is -4.42. The van der Waals surface area contributed by atoms with Gasteiger partial charge in [-0.25, -0.2) is 0 Å². The van der Waals surface area contributed by atoms with E-state index in [1.165, 1.54) is 12.1 Å². The van der Waals surface area contributed by atoms with Crippen LogP contribution < -0.4 is 11.5 Å². The Morgan fingerprint density at radius 2 is 1.86 bits per heavy atom. The third-order valence-corrected chi connectivity index (χ3v) is 1.94. The van der Waals surface area contributed by atoms with Gasteiger partial charge in [0.25, 0.3) is 0 Å². The fourth-order valence-corrected chi connectivity index (χ4v) is 1.23. The summed E-state index contributed by atoms with van der Waals surface area (Å²) in [5.74, 6) is 0. The Morgan fingerprint density at radius 3 is 2.29 bits per heavy atom. The minimum Gasteiger partial charge on any atom is -0.398 e. The molecule has 0 aliphatic heterocycles. The number of anilines is 1. The van der Waals surface area contributed by atoms with E-state index in [1.807, 2.05) is 0 Å². The topological polar surface area (TPSA) is 52.0 Å². The normalized spacial score (nSPS) is 14.1. The highest BCUT2D eigenvalue weighted by molar-refractivity contribution is 5.56. The highest BCUT2D eigenvalue weighted by Crippen LogP contribution is 2.36. The Hall–Kier alpha value is -1.23. The Kier molecular flexibility index (Phi) is 2.71. The van der Waals surface area contributed by atoms with Gasteiger partial charge in [-0.15, -0.1) is 0 Å². The van der Waals surface area contributed by atoms with Crippen LogP contribution in [0, 0.1) is 0 Å². The molecule has 0 aliphatic rings. The van der Waals surface area contributed by atoms with E-state index in [-0.39, 0.29) is 5.69 Å². The fraction of sp³-hybridized carbons (Fsp3) is 0.333. The molecule has 0 saturated heterocycles. The van der Waals surface area contributed by atoms with Crippen molar-refractivity contribution in [1.29, 1.82) is 0 Å². The summed E-state index contributed by atoms with van der Waals surface area (Å²) in [6.45, 7) is 1.59. The van der Waals surface area contributed by atoms with Gasteiger partial charge in [-0.05, 0) is 18.6 Å².